The van der Waals surface area contributed by atoms with Crippen molar-refractivity contribution >= 4 is 44.0 Å². The van der Waals surface area contributed by atoms with Crippen LogP contribution >= 0.6 is 0 Å². The van der Waals surface area contributed by atoms with Gasteiger partial charge >= 0.3 is 0 Å². The first-order valence-electron chi connectivity index (χ1n) is 11.0. The molecule has 1 fully saturated rings. The number of carbonyl (C=O) groups is 2. The summed E-state index contributed by atoms with van der Waals surface area (Å²) in [5.41, 5.74) is 1.34. The van der Waals surface area contributed by atoms with E-state index < -0.39 is 6.04 Å². The standard InChI is InChI=1S/C27H23NO3/c29-24-16-21-12-14-23(27(21)30)28(24)31-15-2-1-4-17-7-8-20-10-9-18-5-3-6-19-11-13-22(17)26(20)25(18)19/h3,5-14,21,23H,1-2,4,15-16H2. The lowest BCUT2D eigenvalue weighted by Crippen LogP contribution is -2.48. The van der Waals surface area contributed by atoms with Gasteiger partial charge in [-0.3, -0.25) is 14.4 Å². The maximum absolute atomic E-state index is 12.2. The van der Waals surface area contributed by atoms with Crippen LogP contribution in [0.5, 0.6) is 0 Å². The number of Topliss-reactive ketones (excluding diaryl/α,β-unsaturated/α-hetero) is 1. The highest BCUT2D eigenvalue weighted by atomic mass is 16.7. The summed E-state index contributed by atoms with van der Waals surface area (Å²) in [7, 11) is 0. The molecule has 4 heteroatoms. The fourth-order valence-electron chi connectivity index (χ4n) is 5.19. The molecular weight excluding hydrogens is 386 g/mol. The van der Waals surface area contributed by atoms with Crippen molar-refractivity contribution in [1.82, 2.24) is 5.06 Å². The van der Waals surface area contributed by atoms with Gasteiger partial charge in [-0.2, -0.15) is 0 Å². The molecule has 1 aliphatic carbocycles. The van der Waals surface area contributed by atoms with Crippen LogP contribution in [0.2, 0.25) is 0 Å². The maximum atomic E-state index is 12.2. The third-order valence-corrected chi connectivity index (χ3v) is 6.77. The number of nitrogens with zero attached hydrogens (tertiary/aromatic N) is 1. The van der Waals surface area contributed by atoms with Crippen molar-refractivity contribution in [1.29, 1.82) is 0 Å². The van der Waals surface area contributed by atoms with Gasteiger partial charge in [-0.05, 0) is 57.1 Å². The van der Waals surface area contributed by atoms with E-state index >= 15 is 0 Å². The number of ketones is 1. The van der Waals surface area contributed by atoms with Crippen LogP contribution in [0.1, 0.15) is 24.8 Å². The first-order chi connectivity index (χ1) is 15.2. The molecular formula is C27H23NO3. The number of piperidine rings is 1. The van der Waals surface area contributed by atoms with Gasteiger partial charge in [0, 0.05) is 12.3 Å². The van der Waals surface area contributed by atoms with Gasteiger partial charge in [0.25, 0.3) is 0 Å². The number of fused-ring (bicyclic) bond motifs is 2. The molecule has 1 aliphatic heterocycles. The third kappa shape index (κ3) is 2.94. The van der Waals surface area contributed by atoms with Crippen LogP contribution in [0.3, 0.4) is 0 Å². The lowest BCUT2D eigenvalue weighted by Gasteiger charge is -2.30. The number of hydrogen-bond donors (Lipinski definition) is 0. The molecule has 0 N–H and O–H groups in total. The van der Waals surface area contributed by atoms with E-state index in [0.29, 0.717) is 6.61 Å². The van der Waals surface area contributed by atoms with E-state index in [1.165, 1.54) is 42.9 Å². The van der Waals surface area contributed by atoms with E-state index in [4.69, 9.17) is 4.84 Å². The van der Waals surface area contributed by atoms with Crippen molar-refractivity contribution in [2.24, 2.45) is 5.92 Å². The van der Waals surface area contributed by atoms with Crippen LogP contribution in [0.4, 0.5) is 0 Å². The summed E-state index contributed by atoms with van der Waals surface area (Å²) in [6, 6.07) is 19.3. The maximum Gasteiger partial charge on any atom is 0.248 e. The van der Waals surface area contributed by atoms with Gasteiger partial charge in [0.1, 0.15) is 6.04 Å². The number of carbonyl (C=O) groups excluding carboxylic acids is 2. The molecule has 2 bridgehead atoms. The molecule has 6 rings (SSSR count). The first kappa shape index (κ1) is 18.5. The minimum absolute atomic E-state index is 0.0771. The van der Waals surface area contributed by atoms with Crippen molar-refractivity contribution in [3.05, 3.63) is 72.3 Å². The molecule has 2 aliphatic rings. The smallest absolute Gasteiger partial charge is 0.248 e. The zero-order chi connectivity index (χ0) is 20.9. The van der Waals surface area contributed by atoms with Crippen molar-refractivity contribution in [3.8, 4) is 0 Å². The summed E-state index contributed by atoms with van der Waals surface area (Å²) in [6.45, 7) is 0.444. The van der Waals surface area contributed by atoms with E-state index in [9.17, 15) is 9.59 Å². The van der Waals surface area contributed by atoms with Gasteiger partial charge in [0.2, 0.25) is 5.91 Å². The zero-order valence-electron chi connectivity index (χ0n) is 17.2. The summed E-state index contributed by atoms with van der Waals surface area (Å²) < 4.78 is 0. The van der Waals surface area contributed by atoms with Crippen molar-refractivity contribution in [2.75, 3.05) is 6.61 Å². The Morgan fingerprint density at radius 2 is 1.58 bits per heavy atom. The lowest BCUT2D eigenvalue weighted by molar-refractivity contribution is -0.202. The number of hydrogen-bond acceptors (Lipinski definition) is 3. The predicted octanol–water partition coefficient (Wildman–Crippen LogP) is 5.19. The molecule has 0 radical (unpaired) electrons. The number of benzene rings is 4. The second-order valence-electron chi connectivity index (χ2n) is 8.63. The molecule has 2 unspecified atom stereocenters. The highest BCUT2D eigenvalue weighted by Gasteiger charge is 2.43. The molecule has 1 heterocycles. The molecule has 1 amide bonds. The Hall–Kier alpha value is -3.24. The summed E-state index contributed by atoms with van der Waals surface area (Å²) >= 11 is 0. The molecule has 0 aromatic heterocycles. The Bertz CT molecular complexity index is 1340. The fourth-order valence-corrected chi connectivity index (χ4v) is 5.19. The highest BCUT2D eigenvalue weighted by Crippen LogP contribution is 2.36. The normalized spacial score (nSPS) is 20.7. The minimum Gasteiger partial charge on any atom is -0.296 e. The van der Waals surface area contributed by atoms with Crippen LogP contribution in [0, 0.1) is 5.92 Å². The molecule has 1 saturated heterocycles. The van der Waals surface area contributed by atoms with Crippen molar-refractivity contribution in [2.45, 2.75) is 31.7 Å². The van der Waals surface area contributed by atoms with E-state index in [1.807, 2.05) is 6.08 Å². The van der Waals surface area contributed by atoms with Gasteiger partial charge in [0.15, 0.2) is 5.78 Å². The van der Waals surface area contributed by atoms with Crippen LogP contribution in [0.25, 0.3) is 32.3 Å². The van der Waals surface area contributed by atoms with Crippen LogP contribution in [-0.2, 0) is 20.8 Å². The molecule has 0 saturated carbocycles. The predicted molar refractivity (Wildman–Crippen MR) is 122 cm³/mol. The third-order valence-electron chi connectivity index (χ3n) is 6.77. The number of rotatable bonds is 6. The fraction of sp³-hybridized carbons (Fsp3) is 0.259. The Morgan fingerprint density at radius 1 is 0.839 bits per heavy atom. The summed E-state index contributed by atoms with van der Waals surface area (Å²) in [6.07, 6.45) is 6.61. The second-order valence-corrected chi connectivity index (χ2v) is 8.63. The summed E-state index contributed by atoms with van der Waals surface area (Å²) in [4.78, 5) is 30.1. The molecule has 2 atom stereocenters. The minimum atomic E-state index is -0.524. The lowest BCUT2D eigenvalue weighted by atomic mass is 9.91. The SMILES string of the molecule is O=C1C2C=CC1N(OCCCCc1ccc3ccc4cccc5ccc1c3c45)C(=O)C2. The largest absolute Gasteiger partial charge is 0.296 e. The number of allylic oxidation sites excluding steroid dienone is 1. The quantitative estimate of drug-likeness (QED) is 0.250. The molecule has 31 heavy (non-hydrogen) atoms. The van der Waals surface area contributed by atoms with Gasteiger partial charge in [-0.1, -0.05) is 66.7 Å². The number of hydroxylamine groups is 2. The molecule has 4 aromatic carbocycles. The summed E-state index contributed by atoms with van der Waals surface area (Å²) in [5, 5.41) is 9.15. The summed E-state index contributed by atoms with van der Waals surface area (Å²) in [5.74, 6) is -0.258. The second kappa shape index (κ2) is 7.17. The van der Waals surface area contributed by atoms with E-state index in [2.05, 4.69) is 54.6 Å². The van der Waals surface area contributed by atoms with Crippen molar-refractivity contribution < 1.29 is 14.4 Å². The van der Waals surface area contributed by atoms with Gasteiger partial charge in [-0.25, -0.2) is 5.06 Å². The molecule has 4 aromatic rings. The zero-order valence-corrected chi connectivity index (χ0v) is 17.2. The van der Waals surface area contributed by atoms with E-state index in [1.54, 1.807) is 6.08 Å². The topological polar surface area (TPSA) is 46.6 Å². The van der Waals surface area contributed by atoms with Gasteiger partial charge in [-0.15, -0.1) is 0 Å². The molecule has 154 valence electrons. The van der Waals surface area contributed by atoms with E-state index in [0.717, 1.165) is 19.3 Å². The number of amides is 1. The molecule has 4 nitrogen and oxygen atoms in total. The van der Waals surface area contributed by atoms with Gasteiger partial charge < -0.3 is 0 Å². The highest BCUT2D eigenvalue weighted by molar-refractivity contribution is 6.23. The monoisotopic (exact) mass is 409 g/mol. The van der Waals surface area contributed by atoms with Crippen molar-refractivity contribution in [3.63, 3.8) is 0 Å². The van der Waals surface area contributed by atoms with Gasteiger partial charge in [0.05, 0.1) is 6.61 Å². The molecule has 0 spiro atoms. The van der Waals surface area contributed by atoms with E-state index in [-0.39, 0.29) is 24.0 Å². The Morgan fingerprint density at radius 3 is 2.42 bits per heavy atom. The average Bonchev–Trinajstić information content (AvgIpc) is 3.04. The average molecular weight is 409 g/mol. The first-order valence-corrected chi connectivity index (χ1v) is 11.0. The Labute approximate surface area is 180 Å². The number of unbranched alkanes of at least 4 members (excludes halogenated alkanes) is 1. The number of aryl methyl sites for hydroxylation is 1. The van der Waals surface area contributed by atoms with Crippen LogP contribution < -0.4 is 0 Å². The Balaban J connectivity index is 1.16. The van der Waals surface area contributed by atoms with Crippen LogP contribution in [0.15, 0.2) is 66.7 Å². The van der Waals surface area contributed by atoms with Crippen LogP contribution in [-0.4, -0.2) is 29.4 Å². The Kier molecular flexibility index (Phi) is 4.29.